The third kappa shape index (κ3) is 6.75. The predicted molar refractivity (Wildman–Crippen MR) is 123 cm³/mol. The van der Waals surface area contributed by atoms with Crippen LogP contribution in [0.5, 0.6) is 5.75 Å². The third-order valence-electron chi connectivity index (χ3n) is 5.17. The molecule has 1 fully saturated rings. The molecule has 1 unspecified atom stereocenters. The molecule has 1 heterocycles. The molecule has 9 heteroatoms. The molecule has 1 aliphatic heterocycles. The molecule has 33 heavy (non-hydrogen) atoms. The van der Waals surface area contributed by atoms with Crippen LogP contribution >= 0.6 is 0 Å². The standard InChI is InChI=1S/C24H31FN2O5S/c1-18(23(28)32-24(2,3)4)31-22-11-10-20(25)16-19(22)17-26-12-14-27(15-13-26)33(29,30)21-8-6-5-7-9-21/h5-11,16,18H,12-15,17H2,1-4H3. The van der Waals surface area contributed by atoms with Crippen molar-refractivity contribution in [1.82, 2.24) is 9.21 Å². The molecule has 0 bridgehead atoms. The van der Waals surface area contributed by atoms with E-state index in [-0.39, 0.29) is 4.90 Å². The van der Waals surface area contributed by atoms with Gasteiger partial charge in [-0.2, -0.15) is 4.31 Å². The van der Waals surface area contributed by atoms with Gasteiger partial charge in [-0.1, -0.05) is 18.2 Å². The summed E-state index contributed by atoms with van der Waals surface area (Å²) in [6, 6.07) is 12.5. The minimum absolute atomic E-state index is 0.274. The lowest BCUT2D eigenvalue weighted by Gasteiger charge is -2.34. The van der Waals surface area contributed by atoms with E-state index >= 15 is 0 Å². The molecule has 1 atom stereocenters. The highest BCUT2D eigenvalue weighted by molar-refractivity contribution is 7.89. The van der Waals surface area contributed by atoms with Crippen LogP contribution < -0.4 is 4.74 Å². The van der Waals surface area contributed by atoms with Crippen molar-refractivity contribution in [3.8, 4) is 5.75 Å². The smallest absolute Gasteiger partial charge is 0.347 e. The molecular weight excluding hydrogens is 447 g/mol. The van der Waals surface area contributed by atoms with Gasteiger partial charge >= 0.3 is 5.97 Å². The van der Waals surface area contributed by atoms with E-state index in [1.54, 1.807) is 58.0 Å². The highest BCUT2D eigenvalue weighted by atomic mass is 32.2. The highest BCUT2D eigenvalue weighted by Crippen LogP contribution is 2.25. The molecule has 3 rings (SSSR count). The molecule has 0 amide bonds. The molecule has 0 aromatic heterocycles. The van der Waals surface area contributed by atoms with Crippen molar-refractivity contribution in [2.24, 2.45) is 0 Å². The summed E-state index contributed by atoms with van der Waals surface area (Å²) in [6.45, 7) is 8.93. The normalized spacial score (nSPS) is 16.9. The van der Waals surface area contributed by atoms with Crippen molar-refractivity contribution in [3.63, 3.8) is 0 Å². The van der Waals surface area contributed by atoms with E-state index in [2.05, 4.69) is 0 Å². The SMILES string of the molecule is CC(Oc1ccc(F)cc1CN1CCN(S(=O)(=O)c2ccccc2)CC1)C(=O)OC(C)(C)C. The van der Waals surface area contributed by atoms with Crippen LogP contribution in [-0.4, -0.2) is 61.5 Å². The first-order valence-corrected chi connectivity index (χ1v) is 12.4. The summed E-state index contributed by atoms with van der Waals surface area (Å²) in [4.78, 5) is 14.6. The molecule has 7 nitrogen and oxygen atoms in total. The summed E-state index contributed by atoms with van der Waals surface area (Å²) in [5, 5.41) is 0. The van der Waals surface area contributed by atoms with Crippen molar-refractivity contribution in [2.45, 2.75) is 50.8 Å². The van der Waals surface area contributed by atoms with Crippen molar-refractivity contribution < 1.29 is 27.1 Å². The van der Waals surface area contributed by atoms with Crippen molar-refractivity contribution in [3.05, 3.63) is 59.9 Å². The monoisotopic (exact) mass is 478 g/mol. The second-order valence-electron chi connectivity index (χ2n) is 9.04. The summed E-state index contributed by atoms with van der Waals surface area (Å²) in [6.07, 6.45) is -0.860. The number of hydrogen-bond donors (Lipinski definition) is 0. The van der Waals surface area contributed by atoms with Gasteiger partial charge in [0.15, 0.2) is 6.10 Å². The fourth-order valence-electron chi connectivity index (χ4n) is 3.52. The molecule has 0 saturated carbocycles. The van der Waals surface area contributed by atoms with Gasteiger partial charge in [0.2, 0.25) is 10.0 Å². The fraction of sp³-hybridized carbons (Fsp3) is 0.458. The number of carbonyl (C=O) groups is 1. The predicted octanol–water partition coefficient (Wildman–Crippen LogP) is 3.44. The number of hydrogen-bond acceptors (Lipinski definition) is 6. The number of esters is 1. The molecular formula is C24H31FN2O5S. The maximum absolute atomic E-state index is 14.0. The van der Waals surface area contributed by atoms with Crippen LogP contribution in [0, 0.1) is 5.82 Å². The van der Waals surface area contributed by atoms with Crippen molar-refractivity contribution in [2.75, 3.05) is 26.2 Å². The minimum Gasteiger partial charge on any atom is -0.479 e. The maximum atomic E-state index is 14.0. The van der Waals surface area contributed by atoms with E-state index in [9.17, 15) is 17.6 Å². The largest absolute Gasteiger partial charge is 0.479 e. The summed E-state index contributed by atoms with van der Waals surface area (Å²) in [7, 11) is -3.54. The summed E-state index contributed by atoms with van der Waals surface area (Å²) < 4.78 is 52.3. The highest BCUT2D eigenvalue weighted by Gasteiger charge is 2.29. The molecule has 1 aliphatic rings. The molecule has 0 radical (unpaired) electrons. The Balaban J connectivity index is 1.65. The van der Waals surface area contributed by atoms with Crippen LogP contribution in [0.3, 0.4) is 0 Å². The molecule has 0 N–H and O–H groups in total. The number of ether oxygens (including phenoxy) is 2. The van der Waals surface area contributed by atoms with Crippen LogP contribution in [0.25, 0.3) is 0 Å². The Morgan fingerprint density at radius 1 is 1.06 bits per heavy atom. The van der Waals surface area contributed by atoms with Gasteiger partial charge in [0.05, 0.1) is 4.90 Å². The second kappa shape index (κ2) is 10.2. The Labute approximate surface area is 195 Å². The molecule has 0 aliphatic carbocycles. The third-order valence-corrected chi connectivity index (χ3v) is 7.08. The van der Waals surface area contributed by atoms with E-state index < -0.39 is 33.5 Å². The number of sulfonamides is 1. The van der Waals surface area contributed by atoms with Crippen LogP contribution in [0.2, 0.25) is 0 Å². The number of rotatable bonds is 7. The number of benzene rings is 2. The number of carbonyl (C=O) groups excluding carboxylic acids is 1. The number of nitrogens with zero attached hydrogens (tertiary/aromatic N) is 2. The quantitative estimate of drug-likeness (QED) is 0.568. The average Bonchev–Trinajstić information content (AvgIpc) is 2.75. The topological polar surface area (TPSA) is 76.2 Å². The van der Waals surface area contributed by atoms with Gasteiger partial charge in [-0.3, -0.25) is 4.90 Å². The first kappa shape index (κ1) is 25.1. The van der Waals surface area contributed by atoms with E-state index in [0.29, 0.717) is 44.0 Å². The first-order valence-electron chi connectivity index (χ1n) is 10.9. The lowest BCUT2D eigenvalue weighted by Crippen LogP contribution is -2.48. The van der Waals surface area contributed by atoms with Gasteiger partial charge in [-0.25, -0.2) is 17.6 Å². The Kier molecular flexibility index (Phi) is 7.76. The zero-order valence-electron chi connectivity index (χ0n) is 19.5. The molecule has 2 aromatic rings. The van der Waals surface area contributed by atoms with Gasteiger partial charge in [-0.05, 0) is 58.0 Å². The Morgan fingerprint density at radius 2 is 1.70 bits per heavy atom. The van der Waals surface area contributed by atoms with E-state index in [1.165, 1.54) is 22.5 Å². The number of piperazine rings is 1. The van der Waals surface area contributed by atoms with Gasteiger partial charge in [-0.15, -0.1) is 0 Å². The lowest BCUT2D eigenvalue weighted by atomic mass is 10.1. The van der Waals surface area contributed by atoms with Gasteiger partial charge in [0.1, 0.15) is 17.2 Å². The number of halogens is 1. The van der Waals surface area contributed by atoms with Crippen molar-refractivity contribution in [1.29, 1.82) is 0 Å². The molecule has 1 saturated heterocycles. The molecule has 0 spiro atoms. The summed E-state index contributed by atoms with van der Waals surface area (Å²) in [5.74, 6) is -0.515. The van der Waals surface area contributed by atoms with Gasteiger partial charge < -0.3 is 9.47 Å². The van der Waals surface area contributed by atoms with E-state index in [1.807, 2.05) is 4.90 Å². The Hall–Kier alpha value is -2.49. The Bertz CT molecular complexity index is 1060. The Morgan fingerprint density at radius 3 is 2.30 bits per heavy atom. The minimum atomic E-state index is -3.54. The van der Waals surface area contributed by atoms with Crippen LogP contribution in [0.4, 0.5) is 4.39 Å². The zero-order valence-corrected chi connectivity index (χ0v) is 20.3. The summed E-state index contributed by atoms with van der Waals surface area (Å²) >= 11 is 0. The second-order valence-corrected chi connectivity index (χ2v) is 11.0. The van der Waals surface area contributed by atoms with Gasteiger partial charge in [0, 0.05) is 38.3 Å². The lowest BCUT2D eigenvalue weighted by molar-refractivity contribution is -0.162. The zero-order chi connectivity index (χ0) is 24.2. The van der Waals surface area contributed by atoms with Gasteiger partial charge in [0.25, 0.3) is 0 Å². The van der Waals surface area contributed by atoms with Crippen molar-refractivity contribution >= 4 is 16.0 Å². The van der Waals surface area contributed by atoms with Crippen LogP contribution in [-0.2, 0) is 26.1 Å². The fourth-order valence-corrected chi connectivity index (χ4v) is 4.96. The maximum Gasteiger partial charge on any atom is 0.347 e. The molecule has 180 valence electrons. The van der Waals surface area contributed by atoms with E-state index in [4.69, 9.17) is 9.47 Å². The molecule has 2 aromatic carbocycles. The van der Waals surface area contributed by atoms with Crippen LogP contribution in [0.15, 0.2) is 53.4 Å². The van der Waals surface area contributed by atoms with E-state index in [0.717, 1.165) is 0 Å². The first-order chi connectivity index (χ1) is 15.5. The average molecular weight is 479 g/mol. The van der Waals surface area contributed by atoms with Crippen LogP contribution in [0.1, 0.15) is 33.3 Å². The summed E-state index contributed by atoms with van der Waals surface area (Å²) in [5.41, 5.74) is -0.0510.